The molecule has 1 fully saturated rings. The molecule has 1 atom stereocenters. The molecule has 18 heavy (non-hydrogen) atoms. The van der Waals surface area contributed by atoms with Crippen LogP contribution in [0.5, 0.6) is 0 Å². The predicted molar refractivity (Wildman–Crippen MR) is 82.5 cm³/mol. The van der Waals surface area contributed by atoms with Crippen LogP contribution < -0.4 is 5.32 Å². The van der Waals surface area contributed by atoms with E-state index in [-0.39, 0.29) is 18.3 Å². The average molecular weight is 399 g/mol. The van der Waals surface area contributed by atoms with Gasteiger partial charge in [0.15, 0.2) is 0 Å². The van der Waals surface area contributed by atoms with Gasteiger partial charge in [-0.3, -0.25) is 4.79 Å². The van der Waals surface area contributed by atoms with Gasteiger partial charge in [0.25, 0.3) is 5.91 Å². The normalized spacial score (nSPS) is 18.6. The summed E-state index contributed by atoms with van der Waals surface area (Å²) in [4.78, 5) is 14.2. The van der Waals surface area contributed by atoms with Gasteiger partial charge in [-0.2, -0.15) is 0 Å². The van der Waals surface area contributed by atoms with Crippen molar-refractivity contribution in [2.24, 2.45) is 0 Å². The summed E-state index contributed by atoms with van der Waals surface area (Å²) in [5.41, 5.74) is 0.727. The van der Waals surface area contributed by atoms with Crippen molar-refractivity contribution in [3.05, 3.63) is 32.7 Å². The van der Waals surface area contributed by atoms with Gasteiger partial charge in [0.1, 0.15) is 0 Å². The smallest absolute Gasteiger partial charge is 0.255 e. The van der Waals surface area contributed by atoms with Gasteiger partial charge in [0.05, 0.1) is 5.56 Å². The Hall–Kier alpha value is -0.100. The molecule has 0 aromatic heterocycles. The molecule has 0 saturated carbocycles. The van der Waals surface area contributed by atoms with Gasteiger partial charge in [-0.1, -0.05) is 15.9 Å². The highest BCUT2D eigenvalue weighted by Gasteiger charge is 2.26. The van der Waals surface area contributed by atoms with E-state index >= 15 is 0 Å². The fourth-order valence-corrected chi connectivity index (χ4v) is 3.23. The quantitative estimate of drug-likeness (QED) is 0.831. The van der Waals surface area contributed by atoms with Gasteiger partial charge in [0, 0.05) is 28.1 Å². The number of likely N-dealkylation sites (tertiary alicyclic amines) is 1. The third-order valence-corrected chi connectivity index (χ3v) is 4.19. The zero-order valence-corrected chi connectivity index (χ0v) is 13.9. The molecule has 0 spiro atoms. The minimum absolute atomic E-state index is 0. The number of carbonyl (C=O) groups is 1. The van der Waals surface area contributed by atoms with Crippen molar-refractivity contribution in [2.75, 3.05) is 20.1 Å². The lowest BCUT2D eigenvalue weighted by atomic mass is 10.2. The number of halogens is 3. The second kappa shape index (κ2) is 6.89. The SMILES string of the molecule is CNC1CCN(C(=O)c2ccc(Br)cc2Br)C1.Cl. The summed E-state index contributed by atoms with van der Waals surface area (Å²) in [6, 6.07) is 6.07. The number of benzene rings is 1. The molecule has 1 aromatic rings. The van der Waals surface area contributed by atoms with Gasteiger partial charge in [-0.05, 0) is 47.6 Å². The van der Waals surface area contributed by atoms with Crippen LogP contribution >= 0.6 is 44.3 Å². The van der Waals surface area contributed by atoms with Crippen molar-refractivity contribution in [1.82, 2.24) is 10.2 Å². The van der Waals surface area contributed by atoms with Gasteiger partial charge in [-0.15, -0.1) is 12.4 Å². The second-order valence-electron chi connectivity index (χ2n) is 4.15. The van der Waals surface area contributed by atoms with Crippen molar-refractivity contribution in [1.29, 1.82) is 0 Å². The number of nitrogens with zero attached hydrogens (tertiary/aromatic N) is 1. The van der Waals surface area contributed by atoms with Crippen LogP contribution in [0.1, 0.15) is 16.8 Å². The molecular weight excluding hydrogens is 383 g/mol. The summed E-state index contributed by atoms with van der Waals surface area (Å²) in [7, 11) is 1.94. The highest BCUT2D eigenvalue weighted by molar-refractivity contribution is 9.11. The maximum Gasteiger partial charge on any atom is 0.255 e. The third kappa shape index (κ3) is 3.47. The standard InChI is InChI=1S/C12H14Br2N2O.ClH/c1-15-9-4-5-16(7-9)12(17)10-3-2-8(13)6-11(10)14;/h2-3,6,9,15H,4-5,7H2,1H3;1H. The molecule has 3 nitrogen and oxygen atoms in total. The van der Waals surface area contributed by atoms with E-state index in [4.69, 9.17) is 0 Å². The number of amides is 1. The first-order valence-corrected chi connectivity index (χ1v) is 7.12. The summed E-state index contributed by atoms with van der Waals surface area (Å²) in [5.74, 6) is 0.0992. The van der Waals surface area contributed by atoms with Crippen molar-refractivity contribution in [3.8, 4) is 0 Å². The highest BCUT2D eigenvalue weighted by atomic mass is 79.9. The second-order valence-corrected chi connectivity index (χ2v) is 5.92. The molecule has 6 heteroatoms. The van der Waals surface area contributed by atoms with Crippen LogP contribution in [-0.2, 0) is 0 Å². The van der Waals surface area contributed by atoms with Crippen LogP contribution in [0.15, 0.2) is 27.1 Å². The Balaban J connectivity index is 0.00000162. The molecule has 1 aliphatic rings. The Morgan fingerprint density at radius 2 is 2.17 bits per heavy atom. The average Bonchev–Trinajstić information content (AvgIpc) is 2.76. The number of nitrogens with one attached hydrogen (secondary N) is 1. The lowest BCUT2D eigenvalue weighted by Crippen LogP contribution is -2.33. The molecular formula is C12H15Br2ClN2O. The molecule has 1 heterocycles. The van der Waals surface area contributed by atoms with E-state index in [9.17, 15) is 4.79 Å². The topological polar surface area (TPSA) is 32.3 Å². The number of likely N-dealkylation sites (N-methyl/N-ethyl adjacent to an activating group) is 1. The van der Waals surface area contributed by atoms with E-state index in [1.807, 2.05) is 30.1 Å². The summed E-state index contributed by atoms with van der Waals surface area (Å²) in [6.07, 6.45) is 1.02. The molecule has 1 unspecified atom stereocenters. The number of hydrogen-bond acceptors (Lipinski definition) is 2. The van der Waals surface area contributed by atoms with E-state index in [1.54, 1.807) is 0 Å². The van der Waals surface area contributed by atoms with Crippen molar-refractivity contribution < 1.29 is 4.79 Å². The van der Waals surface area contributed by atoms with Crippen LogP contribution in [0, 0.1) is 0 Å². The summed E-state index contributed by atoms with van der Waals surface area (Å²) in [6.45, 7) is 1.62. The summed E-state index contributed by atoms with van der Waals surface area (Å²) >= 11 is 6.82. The lowest BCUT2D eigenvalue weighted by molar-refractivity contribution is 0.0789. The maximum atomic E-state index is 12.3. The van der Waals surface area contributed by atoms with Gasteiger partial charge < -0.3 is 10.2 Å². The molecule has 1 aromatic carbocycles. The van der Waals surface area contributed by atoms with Crippen LogP contribution in [0.3, 0.4) is 0 Å². The van der Waals surface area contributed by atoms with Crippen LogP contribution in [0.25, 0.3) is 0 Å². The molecule has 0 radical (unpaired) electrons. The van der Waals surface area contributed by atoms with E-state index in [0.717, 1.165) is 34.0 Å². The Morgan fingerprint density at radius 3 is 2.72 bits per heavy atom. The van der Waals surface area contributed by atoms with E-state index < -0.39 is 0 Å². The van der Waals surface area contributed by atoms with Crippen molar-refractivity contribution in [3.63, 3.8) is 0 Å². The fraction of sp³-hybridized carbons (Fsp3) is 0.417. The van der Waals surface area contributed by atoms with Crippen LogP contribution in [0.2, 0.25) is 0 Å². The molecule has 1 saturated heterocycles. The molecule has 1 amide bonds. The fourth-order valence-electron chi connectivity index (χ4n) is 2.01. The molecule has 1 aliphatic heterocycles. The van der Waals surface area contributed by atoms with Gasteiger partial charge in [-0.25, -0.2) is 0 Å². The van der Waals surface area contributed by atoms with Crippen LogP contribution in [-0.4, -0.2) is 37.0 Å². The third-order valence-electron chi connectivity index (χ3n) is 3.05. The number of rotatable bonds is 2. The first kappa shape index (κ1) is 16.0. The number of carbonyl (C=O) groups excluding carboxylic acids is 1. The van der Waals surface area contributed by atoms with Gasteiger partial charge in [0.2, 0.25) is 0 Å². The first-order valence-electron chi connectivity index (χ1n) is 5.53. The zero-order chi connectivity index (χ0) is 12.4. The van der Waals surface area contributed by atoms with E-state index in [1.165, 1.54) is 0 Å². The van der Waals surface area contributed by atoms with Crippen LogP contribution in [0.4, 0.5) is 0 Å². The Morgan fingerprint density at radius 1 is 1.44 bits per heavy atom. The zero-order valence-electron chi connectivity index (χ0n) is 9.95. The van der Waals surface area contributed by atoms with E-state index in [2.05, 4.69) is 37.2 Å². The molecule has 0 aliphatic carbocycles. The van der Waals surface area contributed by atoms with Gasteiger partial charge >= 0.3 is 0 Å². The Bertz CT molecular complexity index is 442. The Labute approximate surface area is 130 Å². The summed E-state index contributed by atoms with van der Waals surface area (Å²) in [5, 5.41) is 3.21. The first-order chi connectivity index (χ1) is 8.11. The molecule has 1 N–H and O–H groups in total. The lowest BCUT2D eigenvalue weighted by Gasteiger charge is -2.17. The maximum absolute atomic E-state index is 12.3. The summed E-state index contributed by atoms with van der Waals surface area (Å²) < 4.78 is 1.81. The molecule has 0 bridgehead atoms. The van der Waals surface area contributed by atoms with Crippen molar-refractivity contribution >= 4 is 50.2 Å². The number of hydrogen-bond donors (Lipinski definition) is 1. The molecule has 100 valence electrons. The molecule has 2 rings (SSSR count). The Kier molecular flexibility index (Phi) is 6.11. The van der Waals surface area contributed by atoms with Crippen molar-refractivity contribution in [2.45, 2.75) is 12.5 Å². The minimum Gasteiger partial charge on any atom is -0.337 e. The predicted octanol–water partition coefficient (Wildman–Crippen LogP) is 3.07. The minimum atomic E-state index is 0. The van der Waals surface area contributed by atoms with E-state index in [0.29, 0.717) is 6.04 Å². The monoisotopic (exact) mass is 396 g/mol. The largest absolute Gasteiger partial charge is 0.337 e. The highest BCUT2D eigenvalue weighted by Crippen LogP contribution is 2.24.